The largest absolute Gasteiger partial charge is 0.508 e. The molecule has 4 N–H and O–H groups in total. The molecule has 1 amide bonds. The highest BCUT2D eigenvalue weighted by atomic mass is 16.3. The van der Waals surface area contributed by atoms with Crippen LogP contribution in [-0.2, 0) is 4.79 Å². The molecule has 0 fully saturated rings. The average molecular weight is 209 g/mol. The second kappa shape index (κ2) is 4.65. The molecule has 0 aliphatic rings. The van der Waals surface area contributed by atoms with E-state index in [0.29, 0.717) is 0 Å². The summed E-state index contributed by atoms with van der Waals surface area (Å²) in [6.07, 6.45) is 0. The second-order valence-electron chi connectivity index (χ2n) is 3.32. The monoisotopic (exact) mass is 209 g/mol. The van der Waals surface area contributed by atoms with E-state index in [1.54, 1.807) is 43.1 Å². The van der Waals surface area contributed by atoms with Crippen molar-refractivity contribution < 1.29 is 9.90 Å². The first-order valence-corrected chi connectivity index (χ1v) is 4.58. The van der Waals surface area contributed by atoms with Crippen molar-refractivity contribution in [3.05, 3.63) is 24.3 Å². The van der Waals surface area contributed by atoms with Gasteiger partial charge in [0.1, 0.15) is 11.8 Å². The van der Waals surface area contributed by atoms with Crippen LogP contribution in [0.4, 0.5) is 5.69 Å². The number of benzene rings is 1. The molecule has 0 bridgehead atoms. The maximum absolute atomic E-state index is 11.3. The molecule has 0 saturated heterocycles. The molecular weight excluding hydrogens is 194 g/mol. The SMILES string of the molecule is CC(C(=O)NN)N(C)c1cccc(O)c1. The third-order valence-electron chi connectivity index (χ3n) is 2.34. The Morgan fingerprint density at radius 3 is 2.80 bits per heavy atom. The molecule has 0 heterocycles. The van der Waals surface area contributed by atoms with E-state index in [-0.39, 0.29) is 11.7 Å². The molecule has 0 aliphatic heterocycles. The fourth-order valence-electron chi connectivity index (χ4n) is 1.23. The number of nitrogens with zero attached hydrogens (tertiary/aromatic N) is 1. The van der Waals surface area contributed by atoms with Crippen molar-refractivity contribution in [2.45, 2.75) is 13.0 Å². The number of hydrogen-bond donors (Lipinski definition) is 3. The number of rotatable bonds is 3. The number of anilines is 1. The smallest absolute Gasteiger partial charge is 0.256 e. The van der Waals surface area contributed by atoms with Crippen molar-refractivity contribution in [1.82, 2.24) is 5.43 Å². The van der Waals surface area contributed by atoms with E-state index in [2.05, 4.69) is 5.43 Å². The molecule has 5 heteroatoms. The molecule has 0 radical (unpaired) electrons. The number of aromatic hydroxyl groups is 1. The van der Waals surface area contributed by atoms with E-state index in [1.165, 1.54) is 0 Å². The lowest BCUT2D eigenvalue weighted by atomic mass is 10.2. The van der Waals surface area contributed by atoms with Gasteiger partial charge in [-0.2, -0.15) is 0 Å². The summed E-state index contributed by atoms with van der Waals surface area (Å²) in [4.78, 5) is 13.0. The number of hydrazine groups is 1. The van der Waals surface area contributed by atoms with Crippen LogP contribution in [0, 0.1) is 0 Å². The lowest BCUT2D eigenvalue weighted by Gasteiger charge is -2.25. The summed E-state index contributed by atoms with van der Waals surface area (Å²) in [7, 11) is 1.76. The zero-order chi connectivity index (χ0) is 11.4. The van der Waals surface area contributed by atoms with Crippen LogP contribution in [0.5, 0.6) is 5.75 Å². The number of nitrogens with one attached hydrogen (secondary N) is 1. The molecule has 0 saturated carbocycles. The maximum Gasteiger partial charge on any atom is 0.256 e. The summed E-state index contributed by atoms with van der Waals surface area (Å²) < 4.78 is 0. The Kier molecular flexibility index (Phi) is 3.51. The highest BCUT2D eigenvalue weighted by Crippen LogP contribution is 2.20. The van der Waals surface area contributed by atoms with Crippen LogP contribution >= 0.6 is 0 Å². The summed E-state index contributed by atoms with van der Waals surface area (Å²) >= 11 is 0. The van der Waals surface area contributed by atoms with Crippen LogP contribution in [0.3, 0.4) is 0 Å². The Labute approximate surface area is 88.5 Å². The molecule has 1 aromatic rings. The van der Waals surface area contributed by atoms with Crippen LogP contribution in [0.2, 0.25) is 0 Å². The number of carbonyl (C=O) groups is 1. The maximum atomic E-state index is 11.3. The van der Waals surface area contributed by atoms with Gasteiger partial charge in [0.15, 0.2) is 0 Å². The third kappa shape index (κ3) is 2.60. The van der Waals surface area contributed by atoms with Gasteiger partial charge >= 0.3 is 0 Å². The molecule has 15 heavy (non-hydrogen) atoms. The van der Waals surface area contributed by atoms with Crippen LogP contribution in [0.15, 0.2) is 24.3 Å². The van der Waals surface area contributed by atoms with Crippen molar-refractivity contribution >= 4 is 11.6 Å². The number of phenols is 1. The van der Waals surface area contributed by atoms with E-state index in [1.807, 2.05) is 0 Å². The average Bonchev–Trinajstić information content (AvgIpc) is 2.26. The molecular formula is C10H15N3O2. The minimum Gasteiger partial charge on any atom is -0.508 e. The second-order valence-corrected chi connectivity index (χ2v) is 3.32. The van der Waals surface area contributed by atoms with Gasteiger partial charge in [-0.1, -0.05) is 6.07 Å². The third-order valence-corrected chi connectivity index (χ3v) is 2.34. The topological polar surface area (TPSA) is 78.6 Å². The summed E-state index contributed by atoms with van der Waals surface area (Å²) in [6, 6.07) is 6.29. The van der Waals surface area contributed by atoms with E-state index in [4.69, 9.17) is 5.84 Å². The van der Waals surface area contributed by atoms with E-state index < -0.39 is 6.04 Å². The van der Waals surface area contributed by atoms with E-state index in [0.717, 1.165) is 5.69 Å². The Hall–Kier alpha value is -1.75. The Bertz CT molecular complexity index is 354. The predicted molar refractivity (Wildman–Crippen MR) is 58.3 cm³/mol. The van der Waals surface area contributed by atoms with Crippen molar-refractivity contribution in [2.75, 3.05) is 11.9 Å². The summed E-state index contributed by atoms with van der Waals surface area (Å²) in [5.74, 6) is 4.93. The Morgan fingerprint density at radius 1 is 1.60 bits per heavy atom. The molecule has 5 nitrogen and oxygen atoms in total. The number of phenolic OH excluding ortho intramolecular Hbond substituents is 1. The van der Waals surface area contributed by atoms with Gasteiger partial charge in [-0.15, -0.1) is 0 Å². The number of nitrogens with two attached hydrogens (primary N) is 1. The van der Waals surface area contributed by atoms with Crippen molar-refractivity contribution in [3.63, 3.8) is 0 Å². The van der Waals surface area contributed by atoms with Gasteiger partial charge in [0.05, 0.1) is 0 Å². The molecule has 82 valence electrons. The number of likely N-dealkylation sites (N-methyl/N-ethyl adjacent to an activating group) is 1. The molecule has 0 spiro atoms. The first-order valence-electron chi connectivity index (χ1n) is 4.58. The van der Waals surface area contributed by atoms with E-state index >= 15 is 0 Å². The summed E-state index contributed by atoms with van der Waals surface area (Å²) in [5, 5.41) is 9.29. The number of amides is 1. The van der Waals surface area contributed by atoms with Crippen molar-refractivity contribution in [3.8, 4) is 5.75 Å². The van der Waals surface area contributed by atoms with Crippen LogP contribution in [-0.4, -0.2) is 24.1 Å². The highest BCUT2D eigenvalue weighted by Gasteiger charge is 2.17. The molecule has 0 aliphatic carbocycles. The predicted octanol–water partition coefficient (Wildman–Crippen LogP) is 0.207. The summed E-state index contributed by atoms with van der Waals surface area (Å²) in [6.45, 7) is 1.73. The van der Waals surface area contributed by atoms with Gasteiger partial charge in [-0.05, 0) is 19.1 Å². The lowest BCUT2D eigenvalue weighted by molar-refractivity contribution is -0.122. The Morgan fingerprint density at radius 2 is 2.27 bits per heavy atom. The first-order chi connectivity index (χ1) is 7.06. The van der Waals surface area contributed by atoms with Gasteiger partial charge in [0.25, 0.3) is 5.91 Å². The zero-order valence-corrected chi connectivity index (χ0v) is 8.77. The quantitative estimate of drug-likeness (QED) is 0.377. The molecule has 1 atom stereocenters. The Balaban J connectivity index is 2.84. The normalized spacial score (nSPS) is 11.9. The molecule has 1 unspecified atom stereocenters. The first kappa shape index (κ1) is 11.3. The fraction of sp³-hybridized carbons (Fsp3) is 0.300. The lowest BCUT2D eigenvalue weighted by Crippen LogP contribution is -2.46. The fourth-order valence-corrected chi connectivity index (χ4v) is 1.23. The summed E-state index contributed by atoms with van der Waals surface area (Å²) in [5.41, 5.74) is 2.84. The standard InChI is InChI=1S/C10H15N3O2/c1-7(10(15)12-11)13(2)8-4-3-5-9(14)6-8/h3-7,14H,11H2,1-2H3,(H,12,15). The van der Waals surface area contributed by atoms with Gasteiger partial charge < -0.3 is 10.0 Å². The molecule has 1 aromatic carbocycles. The van der Waals surface area contributed by atoms with Gasteiger partial charge in [-0.25, -0.2) is 5.84 Å². The minimum absolute atomic E-state index is 0.166. The zero-order valence-electron chi connectivity index (χ0n) is 8.77. The van der Waals surface area contributed by atoms with Crippen molar-refractivity contribution in [1.29, 1.82) is 0 Å². The van der Waals surface area contributed by atoms with Crippen molar-refractivity contribution in [2.24, 2.45) is 5.84 Å². The van der Waals surface area contributed by atoms with Crippen LogP contribution in [0.25, 0.3) is 0 Å². The van der Waals surface area contributed by atoms with Gasteiger partial charge in [-0.3, -0.25) is 10.2 Å². The van der Waals surface area contributed by atoms with Crippen LogP contribution in [0.1, 0.15) is 6.92 Å². The number of hydrogen-bond acceptors (Lipinski definition) is 4. The molecule has 0 aromatic heterocycles. The highest BCUT2D eigenvalue weighted by molar-refractivity contribution is 5.84. The van der Waals surface area contributed by atoms with Gasteiger partial charge in [0.2, 0.25) is 0 Å². The molecule has 1 rings (SSSR count). The van der Waals surface area contributed by atoms with Crippen LogP contribution < -0.4 is 16.2 Å². The van der Waals surface area contributed by atoms with E-state index in [9.17, 15) is 9.90 Å². The minimum atomic E-state index is -0.392. The number of carbonyl (C=O) groups excluding carboxylic acids is 1. The van der Waals surface area contributed by atoms with Gasteiger partial charge in [0, 0.05) is 18.8 Å².